The number of urea groups is 1. The number of anilines is 1. The average Bonchev–Trinajstić information content (AvgIpc) is 2.27. The average molecular weight is 305 g/mol. The molecule has 0 heterocycles. The molecule has 1 aromatic rings. The molecule has 0 spiro atoms. The number of amides is 2. The first kappa shape index (κ1) is 15.6. The van der Waals surface area contributed by atoms with Gasteiger partial charge < -0.3 is 15.4 Å². The van der Waals surface area contributed by atoms with Crippen molar-refractivity contribution in [1.29, 1.82) is 0 Å². The van der Waals surface area contributed by atoms with Crippen molar-refractivity contribution in [3.05, 3.63) is 28.2 Å². The second-order valence-electron chi connectivity index (χ2n) is 3.73. The Labute approximate surface area is 121 Å². The van der Waals surface area contributed by atoms with Crippen LogP contribution in [0.5, 0.6) is 0 Å². The Morgan fingerprint density at radius 1 is 1.26 bits per heavy atom. The topological polar surface area (TPSA) is 67.4 Å². The van der Waals surface area contributed by atoms with Gasteiger partial charge in [0.05, 0.1) is 6.61 Å². The molecule has 5 nitrogen and oxygen atoms in total. The van der Waals surface area contributed by atoms with Gasteiger partial charge in [0.25, 0.3) is 0 Å². The van der Waals surface area contributed by atoms with Crippen LogP contribution in [-0.2, 0) is 9.53 Å². The van der Waals surface area contributed by atoms with Gasteiger partial charge in [0.1, 0.15) is 6.04 Å². The Kier molecular flexibility index (Phi) is 5.92. The number of rotatable bonds is 4. The fourth-order valence-electron chi connectivity index (χ4n) is 1.32. The molecule has 0 aliphatic carbocycles. The molecule has 2 amide bonds. The number of esters is 1. The summed E-state index contributed by atoms with van der Waals surface area (Å²) in [4.78, 5) is 23.0. The van der Waals surface area contributed by atoms with Crippen molar-refractivity contribution in [2.45, 2.75) is 19.9 Å². The first-order valence-electron chi connectivity index (χ1n) is 5.62. The van der Waals surface area contributed by atoms with Crippen LogP contribution in [0.1, 0.15) is 13.8 Å². The molecule has 0 saturated carbocycles. The minimum Gasteiger partial charge on any atom is -0.464 e. The highest BCUT2D eigenvalue weighted by molar-refractivity contribution is 6.35. The molecule has 0 fully saturated rings. The predicted octanol–water partition coefficient (Wildman–Crippen LogP) is 3.07. The third-order valence-electron chi connectivity index (χ3n) is 2.11. The quantitative estimate of drug-likeness (QED) is 0.840. The molecule has 0 saturated heterocycles. The van der Waals surface area contributed by atoms with Crippen molar-refractivity contribution in [3.8, 4) is 0 Å². The minimum atomic E-state index is -0.741. The van der Waals surface area contributed by atoms with E-state index in [4.69, 9.17) is 27.9 Å². The van der Waals surface area contributed by atoms with Crippen molar-refractivity contribution in [2.24, 2.45) is 0 Å². The molecule has 2 N–H and O–H groups in total. The van der Waals surface area contributed by atoms with Crippen LogP contribution in [0.25, 0.3) is 0 Å². The largest absolute Gasteiger partial charge is 0.464 e. The lowest BCUT2D eigenvalue weighted by atomic mass is 10.3. The van der Waals surface area contributed by atoms with Crippen LogP contribution in [0.15, 0.2) is 18.2 Å². The molecule has 1 rings (SSSR count). The van der Waals surface area contributed by atoms with Gasteiger partial charge in [0.2, 0.25) is 0 Å². The van der Waals surface area contributed by atoms with Crippen LogP contribution in [0.2, 0.25) is 10.0 Å². The molecule has 19 heavy (non-hydrogen) atoms. The molecular formula is C12H14Cl2N2O3. The van der Waals surface area contributed by atoms with E-state index in [1.165, 1.54) is 6.92 Å². The third-order valence-corrected chi connectivity index (χ3v) is 2.54. The number of ether oxygens (including phenoxy) is 1. The van der Waals surface area contributed by atoms with Crippen molar-refractivity contribution in [1.82, 2.24) is 5.32 Å². The minimum absolute atomic E-state index is 0.260. The number of hydrogen-bond donors (Lipinski definition) is 2. The standard InChI is InChI=1S/C12H14Cl2N2O3/c1-3-19-11(17)7(2)15-12(18)16-10-5-8(13)4-9(14)6-10/h4-7H,3H2,1-2H3,(H2,15,16,18). The highest BCUT2D eigenvalue weighted by Gasteiger charge is 2.16. The fraction of sp³-hybridized carbons (Fsp3) is 0.333. The van der Waals surface area contributed by atoms with E-state index >= 15 is 0 Å². The molecule has 0 aliphatic heterocycles. The molecule has 7 heteroatoms. The van der Waals surface area contributed by atoms with Crippen LogP contribution >= 0.6 is 23.2 Å². The number of carbonyl (C=O) groups excluding carboxylic acids is 2. The summed E-state index contributed by atoms with van der Waals surface area (Å²) in [5.74, 6) is -0.498. The molecule has 0 radical (unpaired) electrons. The summed E-state index contributed by atoms with van der Waals surface area (Å²) in [6.45, 7) is 3.48. The number of carbonyl (C=O) groups is 2. The third kappa shape index (κ3) is 5.36. The summed E-state index contributed by atoms with van der Waals surface area (Å²) >= 11 is 11.6. The summed E-state index contributed by atoms with van der Waals surface area (Å²) < 4.78 is 4.77. The summed E-state index contributed by atoms with van der Waals surface area (Å²) in [7, 11) is 0. The van der Waals surface area contributed by atoms with Gasteiger partial charge in [-0.05, 0) is 32.0 Å². The van der Waals surface area contributed by atoms with E-state index in [1.54, 1.807) is 25.1 Å². The van der Waals surface area contributed by atoms with Crippen molar-refractivity contribution < 1.29 is 14.3 Å². The highest BCUT2D eigenvalue weighted by atomic mass is 35.5. The Bertz CT molecular complexity index is 460. The fourth-order valence-corrected chi connectivity index (χ4v) is 1.84. The first-order valence-corrected chi connectivity index (χ1v) is 6.38. The second-order valence-corrected chi connectivity index (χ2v) is 4.60. The van der Waals surface area contributed by atoms with E-state index in [0.717, 1.165) is 0 Å². The summed E-state index contributed by atoms with van der Waals surface area (Å²) in [6, 6.07) is 3.35. The maximum atomic E-state index is 11.6. The zero-order valence-electron chi connectivity index (χ0n) is 10.5. The zero-order chi connectivity index (χ0) is 14.4. The van der Waals surface area contributed by atoms with Crippen LogP contribution in [0, 0.1) is 0 Å². The van der Waals surface area contributed by atoms with E-state index in [9.17, 15) is 9.59 Å². The van der Waals surface area contributed by atoms with Crippen LogP contribution < -0.4 is 10.6 Å². The lowest BCUT2D eigenvalue weighted by molar-refractivity contribution is -0.144. The van der Waals surface area contributed by atoms with Crippen molar-refractivity contribution in [2.75, 3.05) is 11.9 Å². The lowest BCUT2D eigenvalue weighted by Crippen LogP contribution is -2.41. The maximum absolute atomic E-state index is 11.6. The molecule has 0 bridgehead atoms. The predicted molar refractivity (Wildman–Crippen MR) is 74.7 cm³/mol. The Morgan fingerprint density at radius 2 is 1.84 bits per heavy atom. The van der Waals surface area contributed by atoms with E-state index in [-0.39, 0.29) is 6.61 Å². The van der Waals surface area contributed by atoms with Crippen LogP contribution in [0.4, 0.5) is 10.5 Å². The smallest absolute Gasteiger partial charge is 0.328 e. The monoisotopic (exact) mass is 304 g/mol. The molecule has 1 atom stereocenters. The van der Waals surface area contributed by atoms with Crippen LogP contribution in [0.3, 0.4) is 0 Å². The molecule has 104 valence electrons. The SMILES string of the molecule is CCOC(=O)C(C)NC(=O)Nc1cc(Cl)cc(Cl)c1. The maximum Gasteiger partial charge on any atom is 0.328 e. The van der Waals surface area contributed by atoms with Gasteiger partial charge in [-0.25, -0.2) is 9.59 Å². The summed E-state index contributed by atoms with van der Waals surface area (Å²) in [5.41, 5.74) is 0.436. The zero-order valence-corrected chi connectivity index (χ0v) is 12.0. The first-order chi connectivity index (χ1) is 8.92. The van der Waals surface area contributed by atoms with Gasteiger partial charge in [0.15, 0.2) is 0 Å². The number of benzene rings is 1. The van der Waals surface area contributed by atoms with Crippen LogP contribution in [-0.4, -0.2) is 24.6 Å². The van der Waals surface area contributed by atoms with E-state index < -0.39 is 18.0 Å². The van der Waals surface area contributed by atoms with E-state index in [1.807, 2.05) is 0 Å². The molecular weight excluding hydrogens is 291 g/mol. The van der Waals surface area contributed by atoms with Gasteiger partial charge in [-0.2, -0.15) is 0 Å². The number of nitrogens with one attached hydrogen (secondary N) is 2. The van der Waals surface area contributed by atoms with E-state index in [0.29, 0.717) is 15.7 Å². The molecule has 1 unspecified atom stereocenters. The molecule has 0 aliphatic rings. The summed E-state index contributed by atoms with van der Waals surface area (Å²) in [5, 5.41) is 5.77. The Balaban J connectivity index is 2.57. The molecule has 1 aromatic carbocycles. The number of hydrogen-bond acceptors (Lipinski definition) is 3. The number of halogens is 2. The Hall–Kier alpha value is -1.46. The van der Waals surface area contributed by atoms with Crippen molar-refractivity contribution >= 4 is 40.9 Å². The summed E-state index contributed by atoms with van der Waals surface area (Å²) in [6.07, 6.45) is 0. The van der Waals surface area contributed by atoms with Gasteiger partial charge in [-0.1, -0.05) is 23.2 Å². The van der Waals surface area contributed by atoms with Crippen molar-refractivity contribution in [3.63, 3.8) is 0 Å². The van der Waals surface area contributed by atoms with Gasteiger partial charge in [-0.3, -0.25) is 0 Å². The second kappa shape index (κ2) is 7.21. The highest BCUT2D eigenvalue weighted by Crippen LogP contribution is 2.22. The Morgan fingerprint density at radius 3 is 2.37 bits per heavy atom. The van der Waals surface area contributed by atoms with Gasteiger partial charge >= 0.3 is 12.0 Å². The van der Waals surface area contributed by atoms with E-state index in [2.05, 4.69) is 10.6 Å². The lowest BCUT2D eigenvalue weighted by Gasteiger charge is -2.13. The molecule has 0 aromatic heterocycles. The van der Waals surface area contributed by atoms with Gasteiger partial charge in [-0.15, -0.1) is 0 Å². The van der Waals surface area contributed by atoms with Gasteiger partial charge in [0, 0.05) is 15.7 Å². The normalized spacial score (nSPS) is 11.6.